The summed E-state index contributed by atoms with van der Waals surface area (Å²) in [7, 11) is 0. The average Bonchev–Trinajstić information content (AvgIpc) is 2.67. The van der Waals surface area contributed by atoms with Gasteiger partial charge in [0.25, 0.3) is 0 Å². The van der Waals surface area contributed by atoms with E-state index in [9.17, 15) is 4.39 Å². The lowest BCUT2D eigenvalue weighted by Gasteiger charge is -2.12. The Kier molecular flexibility index (Phi) is 2.79. The lowest BCUT2D eigenvalue weighted by atomic mass is 10.1. The van der Waals surface area contributed by atoms with Gasteiger partial charge in [-0.25, -0.2) is 4.39 Å². The Morgan fingerprint density at radius 1 is 1.29 bits per heavy atom. The van der Waals surface area contributed by atoms with E-state index in [-0.39, 0.29) is 24.5 Å². The van der Waals surface area contributed by atoms with Crippen LogP contribution < -0.4 is 5.32 Å². The van der Waals surface area contributed by atoms with Gasteiger partial charge in [-0.15, -0.1) is 0 Å². The number of halogens is 1. The minimum atomic E-state index is -0.203. The van der Waals surface area contributed by atoms with Gasteiger partial charge in [-0.2, -0.15) is 0 Å². The molecule has 2 N–H and O–H groups in total. The molecule has 2 rings (SSSR count). The maximum absolute atomic E-state index is 12.7. The topological polar surface area (TPSA) is 32.3 Å². The Morgan fingerprint density at radius 2 is 2.00 bits per heavy atom. The number of hydrogen-bond acceptors (Lipinski definition) is 2. The average molecular weight is 195 g/mol. The molecular formula is C11H14FNO. The van der Waals surface area contributed by atoms with Gasteiger partial charge >= 0.3 is 0 Å². The fourth-order valence-electron chi connectivity index (χ4n) is 1.92. The van der Waals surface area contributed by atoms with E-state index in [0.29, 0.717) is 0 Å². The molecule has 1 aliphatic rings. The summed E-state index contributed by atoms with van der Waals surface area (Å²) in [6.07, 6.45) is 2.00. The molecule has 1 saturated heterocycles. The van der Waals surface area contributed by atoms with E-state index in [0.717, 1.165) is 18.4 Å². The van der Waals surface area contributed by atoms with E-state index in [1.807, 2.05) is 0 Å². The fraction of sp³-hybridized carbons (Fsp3) is 0.455. The zero-order chi connectivity index (χ0) is 9.97. The second kappa shape index (κ2) is 4.07. The van der Waals surface area contributed by atoms with Crippen LogP contribution in [0.25, 0.3) is 0 Å². The van der Waals surface area contributed by atoms with Gasteiger partial charge in [0, 0.05) is 12.1 Å². The highest BCUT2D eigenvalue weighted by Crippen LogP contribution is 2.26. The van der Waals surface area contributed by atoms with Crippen molar-refractivity contribution in [2.75, 3.05) is 6.61 Å². The van der Waals surface area contributed by atoms with E-state index < -0.39 is 0 Å². The summed E-state index contributed by atoms with van der Waals surface area (Å²) in [5, 5.41) is 12.3. The Balaban J connectivity index is 2.06. The van der Waals surface area contributed by atoms with Crippen molar-refractivity contribution in [1.29, 1.82) is 0 Å². The SMILES string of the molecule is OCC1CCC(c2ccc(F)cc2)N1. The third-order valence-corrected chi connectivity index (χ3v) is 2.73. The first kappa shape index (κ1) is 9.62. The minimum absolute atomic E-state index is 0.178. The molecule has 76 valence electrons. The number of nitrogens with one attached hydrogen (secondary N) is 1. The Bertz CT molecular complexity index is 299. The summed E-state index contributed by atoms with van der Waals surface area (Å²) in [5.74, 6) is -0.203. The minimum Gasteiger partial charge on any atom is -0.395 e. The van der Waals surface area contributed by atoms with Crippen molar-refractivity contribution in [2.45, 2.75) is 24.9 Å². The molecule has 0 amide bonds. The fourth-order valence-corrected chi connectivity index (χ4v) is 1.92. The first-order valence-corrected chi connectivity index (χ1v) is 4.92. The smallest absolute Gasteiger partial charge is 0.123 e. The third kappa shape index (κ3) is 1.94. The van der Waals surface area contributed by atoms with Gasteiger partial charge in [-0.05, 0) is 30.5 Å². The molecule has 0 aromatic heterocycles. The maximum Gasteiger partial charge on any atom is 0.123 e. The molecule has 1 fully saturated rings. The van der Waals surface area contributed by atoms with Crippen LogP contribution in [-0.4, -0.2) is 17.8 Å². The van der Waals surface area contributed by atoms with Crippen LogP contribution in [0.2, 0.25) is 0 Å². The van der Waals surface area contributed by atoms with Gasteiger partial charge in [-0.1, -0.05) is 12.1 Å². The molecular weight excluding hydrogens is 181 g/mol. The highest BCUT2D eigenvalue weighted by Gasteiger charge is 2.23. The maximum atomic E-state index is 12.7. The number of hydrogen-bond donors (Lipinski definition) is 2. The predicted octanol–water partition coefficient (Wildman–Crippen LogP) is 1.61. The molecule has 2 atom stereocenters. The standard InChI is InChI=1S/C11H14FNO/c12-9-3-1-8(2-4-9)11-6-5-10(7-14)13-11/h1-4,10-11,13-14H,5-7H2. The molecule has 1 aromatic carbocycles. The molecule has 0 bridgehead atoms. The molecule has 3 heteroatoms. The second-order valence-electron chi connectivity index (χ2n) is 3.73. The highest BCUT2D eigenvalue weighted by molar-refractivity contribution is 5.21. The van der Waals surface area contributed by atoms with Crippen LogP contribution >= 0.6 is 0 Å². The van der Waals surface area contributed by atoms with Crippen molar-refractivity contribution in [3.63, 3.8) is 0 Å². The second-order valence-corrected chi connectivity index (χ2v) is 3.73. The van der Waals surface area contributed by atoms with E-state index in [2.05, 4.69) is 5.32 Å². The molecule has 0 radical (unpaired) electrons. The molecule has 0 aliphatic carbocycles. The normalized spacial score (nSPS) is 26.7. The molecule has 1 aromatic rings. The van der Waals surface area contributed by atoms with Crippen LogP contribution in [0.3, 0.4) is 0 Å². The van der Waals surface area contributed by atoms with Crippen molar-refractivity contribution < 1.29 is 9.50 Å². The van der Waals surface area contributed by atoms with Crippen molar-refractivity contribution >= 4 is 0 Å². The summed E-state index contributed by atoms with van der Waals surface area (Å²) in [6, 6.07) is 7.02. The summed E-state index contributed by atoms with van der Waals surface area (Å²) >= 11 is 0. The van der Waals surface area contributed by atoms with E-state index >= 15 is 0 Å². The summed E-state index contributed by atoms with van der Waals surface area (Å²) in [4.78, 5) is 0. The quantitative estimate of drug-likeness (QED) is 0.751. The van der Waals surface area contributed by atoms with E-state index in [1.165, 1.54) is 12.1 Å². The Labute approximate surface area is 82.8 Å². The Morgan fingerprint density at radius 3 is 2.57 bits per heavy atom. The van der Waals surface area contributed by atoms with E-state index in [1.54, 1.807) is 12.1 Å². The van der Waals surface area contributed by atoms with Crippen LogP contribution in [0.5, 0.6) is 0 Å². The van der Waals surface area contributed by atoms with Gasteiger partial charge in [0.15, 0.2) is 0 Å². The molecule has 2 nitrogen and oxygen atoms in total. The van der Waals surface area contributed by atoms with Gasteiger partial charge in [-0.3, -0.25) is 0 Å². The van der Waals surface area contributed by atoms with Gasteiger partial charge in [0.05, 0.1) is 6.61 Å². The monoisotopic (exact) mass is 195 g/mol. The summed E-state index contributed by atoms with van der Waals surface area (Å²) < 4.78 is 12.7. The lowest BCUT2D eigenvalue weighted by Crippen LogP contribution is -2.27. The molecule has 2 unspecified atom stereocenters. The van der Waals surface area contributed by atoms with Gasteiger partial charge in [0.2, 0.25) is 0 Å². The van der Waals surface area contributed by atoms with Crippen LogP contribution in [0, 0.1) is 5.82 Å². The third-order valence-electron chi connectivity index (χ3n) is 2.73. The molecule has 1 aliphatic heterocycles. The first-order chi connectivity index (χ1) is 6.79. The van der Waals surface area contributed by atoms with Gasteiger partial charge < -0.3 is 10.4 Å². The molecule has 14 heavy (non-hydrogen) atoms. The number of benzene rings is 1. The van der Waals surface area contributed by atoms with Crippen molar-refractivity contribution in [3.8, 4) is 0 Å². The van der Waals surface area contributed by atoms with Crippen molar-refractivity contribution in [1.82, 2.24) is 5.32 Å². The molecule has 1 heterocycles. The summed E-state index contributed by atoms with van der Waals surface area (Å²) in [6.45, 7) is 0.178. The molecule has 0 saturated carbocycles. The van der Waals surface area contributed by atoms with Gasteiger partial charge in [0.1, 0.15) is 5.82 Å². The van der Waals surface area contributed by atoms with Crippen molar-refractivity contribution in [3.05, 3.63) is 35.6 Å². The predicted molar refractivity (Wildman–Crippen MR) is 52.4 cm³/mol. The van der Waals surface area contributed by atoms with Crippen LogP contribution in [0.15, 0.2) is 24.3 Å². The van der Waals surface area contributed by atoms with E-state index in [4.69, 9.17) is 5.11 Å². The molecule has 0 spiro atoms. The zero-order valence-corrected chi connectivity index (χ0v) is 7.91. The number of aliphatic hydroxyl groups is 1. The van der Waals surface area contributed by atoms with Crippen LogP contribution in [0.4, 0.5) is 4.39 Å². The number of aliphatic hydroxyl groups excluding tert-OH is 1. The number of rotatable bonds is 2. The van der Waals surface area contributed by atoms with Crippen molar-refractivity contribution in [2.24, 2.45) is 0 Å². The summed E-state index contributed by atoms with van der Waals surface area (Å²) in [5.41, 5.74) is 1.10. The first-order valence-electron chi connectivity index (χ1n) is 4.92. The van der Waals surface area contributed by atoms with Crippen LogP contribution in [0.1, 0.15) is 24.4 Å². The van der Waals surface area contributed by atoms with Crippen LogP contribution in [-0.2, 0) is 0 Å². The Hall–Kier alpha value is -0.930. The lowest BCUT2D eigenvalue weighted by molar-refractivity contribution is 0.251. The zero-order valence-electron chi connectivity index (χ0n) is 7.91. The largest absolute Gasteiger partial charge is 0.395 e. The highest BCUT2D eigenvalue weighted by atomic mass is 19.1.